The van der Waals surface area contributed by atoms with Gasteiger partial charge in [0.2, 0.25) is 5.88 Å². The van der Waals surface area contributed by atoms with Crippen LogP contribution in [-0.4, -0.2) is 51.7 Å². The van der Waals surface area contributed by atoms with Crippen molar-refractivity contribution >= 4 is 11.8 Å². The number of nitrogens with one attached hydrogen (secondary N) is 1. The van der Waals surface area contributed by atoms with Crippen LogP contribution in [0.25, 0.3) is 0 Å². The molecule has 1 N–H and O–H groups in total. The molecule has 1 saturated carbocycles. The molecule has 1 aliphatic carbocycles. The van der Waals surface area contributed by atoms with Crippen LogP contribution in [0, 0.1) is 5.92 Å². The summed E-state index contributed by atoms with van der Waals surface area (Å²) in [5, 5.41) is 2.77. The molecule has 8 nitrogen and oxygen atoms in total. The van der Waals surface area contributed by atoms with Gasteiger partial charge in [-0.3, -0.25) is 10.3 Å². The van der Waals surface area contributed by atoms with E-state index in [1.54, 1.807) is 23.5 Å². The topological polar surface area (TPSA) is 89.5 Å². The molecule has 2 aromatic rings. The molecule has 166 valence electrons. The van der Waals surface area contributed by atoms with E-state index in [2.05, 4.69) is 20.3 Å². The number of likely N-dealkylation sites (tertiary alicyclic amines) is 1. The van der Waals surface area contributed by atoms with Crippen LogP contribution in [0.15, 0.2) is 36.9 Å². The molecule has 2 amide bonds. The van der Waals surface area contributed by atoms with Crippen molar-refractivity contribution in [3.05, 3.63) is 36.9 Å². The van der Waals surface area contributed by atoms with Crippen molar-refractivity contribution in [1.82, 2.24) is 19.9 Å². The second-order valence-corrected chi connectivity index (χ2v) is 8.30. The Morgan fingerprint density at radius 2 is 1.90 bits per heavy atom. The molecule has 31 heavy (non-hydrogen) atoms. The van der Waals surface area contributed by atoms with E-state index in [4.69, 9.17) is 9.47 Å². The summed E-state index contributed by atoms with van der Waals surface area (Å²) >= 11 is 0. The molecule has 2 fully saturated rings. The monoisotopic (exact) mass is 425 g/mol. The maximum absolute atomic E-state index is 12.4. The first-order chi connectivity index (χ1) is 15.3. The SMILES string of the molecule is O=C(Nc1cnccn1)N1CCC(Oc2ccnc(OCCC3CCCCC3)c2)CC1. The molecule has 1 aliphatic heterocycles. The highest BCUT2D eigenvalue weighted by Crippen LogP contribution is 2.27. The summed E-state index contributed by atoms with van der Waals surface area (Å²) < 4.78 is 12.0. The van der Waals surface area contributed by atoms with Crippen molar-refractivity contribution in [1.29, 1.82) is 0 Å². The quantitative estimate of drug-likeness (QED) is 0.712. The molecule has 0 radical (unpaired) electrons. The van der Waals surface area contributed by atoms with Gasteiger partial charge in [-0.05, 0) is 18.4 Å². The summed E-state index contributed by atoms with van der Waals surface area (Å²) in [7, 11) is 0. The van der Waals surface area contributed by atoms with Gasteiger partial charge in [-0.25, -0.2) is 14.8 Å². The Labute approximate surface area is 183 Å². The lowest BCUT2D eigenvalue weighted by Gasteiger charge is -2.32. The minimum absolute atomic E-state index is 0.0676. The molecule has 0 atom stereocenters. The number of piperidine rings is 1. The van der Waals surface area contributed by atoms with E-state index in [0.717, 1.165) is 30.9 Å². The highest BCUT2D eigenvalue weighted by Gasteiger charge is 2.24. The Morgan fingerprint density at radius 1 is 1.06 bits per heavy atom. The van der Waals surface area contributed by atoms with Crippen LogP contribution in [0.3, 0.4) is 0 Å². The normalized spacial score (nSPS) is 17.9. The Morgan fingerprint density at radius 3 is 2.68 bits per heavy atom. The van der Waals surface area contributed by atoms with Gasteiger partial charge in [-0.15, -0.1) is 0 Å². The van der Waals surface area contributed by atoms with Crippen molar-refractivity contribution < 1.29 is 14.3 Å². The smallest absolute Gasteiger partial charge is 0.323 e. The second kappa shape index (κ2) is 10.9. The highest BCUT2D eigenvalue weighted by atomic mass is 16.5. The molecule has 0 bridgehead atoms. The fraction of sp³-hybridized carbons (Fsp3) is 0.565. The van der Waals surface area contributed by atoms with Crippen molar-refractivity contribution in [3.8, 4) is 11.6 Å². The number of rotatable bonds is 7. The van der Waals surface area contributed by atoms with Gasteiger partial charge in [0.15, 0.2) is 5.82 Å². The third kappa shape index (κ3) is 6.54. The molecule has 1 saturated heterocycles. The minimum atomic E-state index is -0.156. The molecular weight excluding hydrogens is 394 g/mol. The Balaban J connectivity index is 1.19. The number of carbonyl (C=O) groups excluding carboxylic acids is 1. The standard InChI is InChI=1S/C23H31N5O3/c29-23(27-21-17-24-11-12-25-21)28-13-7-19(8-14-28)31-20-6-10-26-22(16-20)30-15-9-18-4-2-1-3-5-18/h6,10-12,16-19H,1-5,7-9,13-15H2,(H,25,27,29). The summed E-state index contributed by atoms with van der Waals surface area (Å²) in [5.74, 6) is 2.64. The first-order valence-electron chi connectivity index (χ1n) is 11.3. The number of ether oxygens (including phenoxy) is 2. The van der Waals surface area contributed by atoms with Crippen LogP contribution >= 0.6 is 0 Å². The number of amides is 2. The van der Waals surface area contributed by atoms with Crippen LogP contribution < -0.4 is 14.8 Å². The van der Waals surface area contributed by atoms with E-state index in [0.29, 0.717) is 31.4 Å². The lowest BCUT2D eigenvalue weighted by molar-refractivity contribution is 0.115. The van der Waals surface area contributed by atoms with Gasteiger partial charge in [0.1, 0.15) is 11.9 Å². The van der Waals surface area contributed by atoms with Gasteiger partial charge in [0, 0.05) is 50.6 Å². The number of hydrogen-bond donors (Lipinski definition) is 1. The summed E-state index contributed by atoms with van der Waals surface area (Å²) in [6.07, 6.45) is 15.8. The molecule has 2 aromatic heterocycles. The largest absolute Gasteiger partial charge is 0.490 e. The number of nitrogens with zero attached hydrogens (tertiary/aromatic N) is 4. The Bertz CT molecular complexity index is 821. The van der Waals surface area contributed by atoms with Crippen molar-refractivity contribution in [3.63, 3.8) is 0 Å². The molecular formula is C23H31N5O3. The van der Waals surface area contributed by atoms with Gasteiger partial charge < -0.3 is 14.4 Å². The Kier molecular flexibility index (Phi) is 7.52. The minimum Gasteiger partial charge on any atom is -0.490 e. The van der Waals surface area contributed by atoms with Crippen molar-refractivity contribution in [2.75, 3.05) is 25.0 Å². The van der Waals surface area contributed by atoms with Crippen LogP contribution in [0.4, 0.5) is 10.6 Å². The number of anilines is 1. The lowest BCUT2D eigenvalue weighted by atomic mass is 9.87. The maximum atomic E-state index is 12.4. The summed E-state index contributed by atoms with van der Waals surface area (Å²) in [6.45, 7) is 1.97. The van der Waals surface area contributed by atoms with Crippen molar-refractivity contribution in [2.24, 2.45) is 5.92 Å². The number of pyridine rings is 1. The predicted octanol–water partition coefficient (Wildman–Crippen LogP) is 4.30. The molecule has 4 rings (SSSR count). The van der Waals surface area contributed by atoms with Gasteiger partial charge in [-0.1, -0.05) is 32.1 Å². The third-order valence-electron chi connectivity index (χ3n) is 6.04. The van der Waals surface area contributed by atoms with Gasteiger partial charge in [0.05, 0.1) is 12.8 Å². The number of aromatic nitrogens is 3. The van der Waals surface area contributed by atoms with E-state index < -0.39 is 0 Å². The number of hydrogen-bond acceptors (Lipinski definition) is 6. The van der Waals surface area contributed by atoms with E-state index in [9.17, 15) is 4.79 Å². The summed E-state index contributed by atoms with van der Waals surface area (Å²) in [6, 6.07) is 3.58. The maximum Gasteiger partial charge on any atom is 0.323 e. The summed E-state index contributed by atoms with van der Waals surface area (Å²) in [4.78, 5) is 26.5. The average molecular weight is 426 g/mol. The van der Waals surface area contributed by atoms with Crippen molar-refractivity contribution in [2.45, 2.75) is 57.5 Å². The lowest BCUT2D eigenvalue weighted by Crippen LogP contribution is -2.43. The second-order valence-electron chi connectivity index (χ2n) is 8.30. The number of urea groups is 1. The molecule has 2 aliphatic rings. The van der Waals surface area contributed by atoms with E-state index in [1.165, 1.54) is 38.3 Å². The molecule has 3 heterocycles. The number of carbonyl (C=O) groups is 1. The zero-order chi connectivity index (χ0) is 21.3. The van der Waals surface area contributed by atoms with Crippen LogP contribution in [-0.2, 0) is 0 Å². The molecule has 0 aromatic carbocycles. The first-order valence-corrected chi connectivity index (χ1v) is 11.3. The fourth-order valence-electron chi connectivity index (χ4n) is 4.27. The van der Waals surface area contributed by atoms with E-state index in [-0.39, 0.29) is 12.1 Å². The molecule has 0 spiro atoms. The summed E-state index contributed by atoms with van der Waals surface area (Å²) in [5.41, 5.74) is 0. The van der Waals surface area contributed by atoms with Gasteiger partial charge >= 0.3 is 6.03 Å². The predicted molar refractivity (Wildman–Crippen MR) is 117 cm³/mol. The van der Waals surface area contributed by atoms with Gasteiger partial charge in [0.25, 0.3) is 0 Å². The van der Waals surface area contributed by atoms with E-state index >= 15 is 0 Å². The third-order valence-corrected chi connectivity index (χ3v) is 6.04. The zero-order valence-electron chi connectivity index (χ0n) is 17.9. The highest BCUT2D eigenvalue weighted by molar-refractivity contribution is 5.88. The molecule has 8 heteroatoms. The average Bonchev–Trinajstić information content (AvgIpc) is 2.81. The van der Waals surface area contributed by atoms with Crippen LogP contribution in [0.1, 0.15) is 51.4 Å². The zero-order valence-corrected chi connectivity index (χ0v) is 17.9. The fourth-order valence-corrected chi connectivity index (χ4v) is 4.27. The van der Waals surface area contributed by atoms with Gasteiger partial charge in [-0.2, -0.15) is 0 Å². The van der Waals surface area contributed by atoms with Crippen LogP contribution in [0.5, 0.6) is 11.6 Å². The van der Waals surface area contributed by atoms with E-state index in [1.807, 2.05) is 12.1 Å². The van der Waals surface area contributed by atoms with Crippen LogP contribution in [0.2, 0.25) is 0 Å². The Hall–Kier alpha value is -2.90. The first kappa shape index (κ1) is 21.3. The molecule has 0 unspecified atom stereocenters.